The second kappa shape index (κ2) is 6.89. The molecule has 2 N–H and O–H groups in total. The summed E-state index contributed by atoms with van der Waals surface area (Å²) >= 11 is 0.822. The van der Waals surface area contributed by atoms with Crippen LogP contribution >= 0.6 is 11.3 Å². The summed E-state index contributed by atoms with van der Waals surface area (Å²) < 4.78 is 27.6. The van der Waals surface area contributed by atoms with Gasteiger partial charge in [-0.05, 0) is 31.4 Å². The third kappa shape index (κ3) is 4.28. The van der Waals surface area contributed by atoms with Gasteiger partial charge >= 0.3 is 5.97 Å². The summed E-state index contributed by atoms with van der Waals surface area (Å²) in [6.45, 7) is 1.62. The van der Waals surface area contributed by atoms with Crippen molar-refractivity contribution in [2.24, 2.45) is 0 Å². The predicted molar refractivity (Wildman–Crippen MR) is 82.4 cm³/mol. The number of thiophene rings is 1. The average Bonchev–Trinajstić information content (AvgIpc) is 2.75. The Hall–Kier alpha value is -0.920. The highest BCUT2D eigenvalue weighted by atomic mass is 32.2. The first-order valence-electron chi connectivity index (χ1n) is 7.26. The Morgan fingerprint density at radius 1 is 1.24 bits per heavy atom. The summed E-state index contributed by atoms with van der Waals surface area (Å²) in [5.74, 6) is -1.08. The van der Waals surface area contributed by atoms with Gasteiger partial charge in [0, 0.05) is 6.04 Å². The number of carbonyl (C=O) groups is 1. The zero-order valence-electron chi connectivity index (χ0n) is 12.1. The number of aryl methyl sites for hydroxylation is 1. The van der Waals surface area contributed by atoms with E-state index in [9.17, 15) is 13.2 Å². The van der Waals surface area contributed by atoms with Crippen molar-refractivity contribution >= 4 is 27.3 Å². The number of nitrogens with one attached hydrogen (secondary N) is 1. The Morgan fingerprint density at radius 2 is 1.81 bits per heavy atom. The molecule has 0 amide bonds. The molecule has 1 aromatic heterocycles. The van der Waals surface area contributed by atoms with Gasteiger partial charge in [-0.2, -0.15) is 0 Å². The number of sulfonamides is 1. The van der Waals surface area contributed by atoms with Gasteiger partial charge in [-0.15, -0.1) is 11.3 Å². The highest BCUT2D eigenvalue weighted by Crippen LogP contribution is 2.27. The van der Waals surface area contributed by atoms with E-state index in [0.717, 1.165) is 49.9 Å². The SMILES string of the molecule is Cc1cc(S(=O)(=O)NC2CCCCCCC2)sc1C(=O)O. The Balaban J connectivity index is 2.13. The lowest BCUT2D eigenvalue weighted by Gasteiger charge is -2.20. The van der Waals surface area contributed by atoms with E-state index in [1.54, 1.807) is 6.92 Å². The van der Waals surface area contributed by atoms with Crippen molar-refractivity contribution in [3.05, 3.63) is 16.5 Å². The van der Waals surface area contributed by atoms with Crippen LogP contribution < -0.4 is 4.72 Å². The molecule has 1 fully saturated rings. The molecule has 0 aromatic carbocycles. The van der Waals surface area contributed by atoms with Crippen LogP contribution in [0.5, 0.6) is 0 Å². The van der Waals surface area contributed by atoms with Crippen LogP contribution in [0.25, 0.3) is 0 Å². The van der Waals surface area contributed by atoms with Crippen LogP contribution in [0.15, 0.2) is 10.3 Å². The largest absolute Gasteiger partial charge is 0.477 e. The second-order valence-corrected chi connectivity index (χ2v) is 8.54. The van der Waals surface area contributed by atoms with Gasteiger partial charge in [-0.3, -0.25) is 0 Å². The lowest BCUT2D eigenvalue weighted by atomic mass is 9.97. The predicted octanol–water partition coefficient (Wildman–Crippen LogP) is 3.15. The van der Waals surface area contributed by atoms with Gasteiger partial charge in [0.1, 0.15) is 9.09 Å². The Kier molecular flexibility index (Phi) is 5.40. The van der Waals surface area contributed by atoms with E-state index < -0.39 is 16.0 Å². The third-order valence-corrected chi connectivity index (χ3v) is 7.00. The minimum Gasteiger partial charge on any atom is -0.477 e. The fraction of sp³-hybridized carbons (Fsp3) is 0.643. The van der Waals surface area contributed by atoms with Gasteiger partial charge in [0.2, 0.25) is 10.0 Å². The van der Waals surface area contributed by atoms with E-state index in [2.05, 4.69) is 4.72 Å². The zero-order valence-corrected chi connectivity index (χ0v) is 13.7. The Morgan fingerprint density at radius 3 is 2.33 bits per heavy atom. The summed E-state index contributed by atoms with van der Waals surface area (Å²) in [7, 11) is -3.62. The molecule has 118 valence electrons. The molecule has 0 spiro atoms. The molecule has 5 nitrogen and oxygen atoms in total. The van der Waals surface area contributed by atoms with Crippen LogP contribution in [0.2, 0.25) is 0 Å². The van der Waals surface area contributed by atoms with Gasteiger partial charge in [0.05, 0.1) is 0 Å². The standard InChI is InChI=1S/C14H21NO4S2/c1-10-9-12(20-13(10)14(16)17)21(18,19)15-11-7-5-3-2-4-6-8-11/h9,11,15H,2-8H2,1H3,(H,16,17). The molecule has 1 aliphatic carbocycles. The van der Waals surface area contributed by atoms with E-state index >= 15 is 0 Å². The summed E-state index contributed by atoms with van der Waals surface area (Å²) in [5, 5.41) is 9.03. The molecule has 1 saturated carbocycles. The summed E-state index contributed by atoms with van der Waals surface area (Å²) in [6.07, 6.45) is 7.32. The fourth-order valence-electron chi connectivity index (χ4n) is 2.65. The van der Waals surface area contributed by atoms with Crippen LogP contribution in [-0.2, 0) is 10.0 Å². The van der Waals surface area contributed by atoms with E-state index in [1.807, 2.05) is 0 Å². The molecule has 1 heterocycles. The molecule has 0 unspecified atom stereocenters. The van der Waals surface area contributed by atoms with Crippen LogP contribution in [0.1, 0.15) is 60.2 Å². The molecule has 0 aliphatic heterocycles. The van der Waals surface area contributed by atoms with Gasteiger partial charge in [0.15, 0.2) is 0 Å². The number of rotatable bonds is 4. The van der Waals surface area contributed by atoms with Gasteiger partial charge in [-0.25, -0.2) is 17.9 Å². The van der Waals surface area contributed by atoms with E-state index in [0.29, 0.717) is 5.56 Å². The topological polar surface area (TPSA) is 83.5 Å². The molecule has 0 bridgehead atoms. The number of hydrogen-bond donors (Lipinski definition) is 2. The van der Waals surface area contributed by atoms with Crippen LogP contribution in [0, 0.1) is 6.92 Å². The average molecular weight is 331 g/mol. The quantitative estimate of drug-likeness (QED) is 0.888. The summed E-state index contributed by atoms with van der Waals surface area (Å²) in [4.78, 5) is 11.1. The van der Waals surface area contributed by atoms with E-state index in [1.165, 1.54) is 12.5 Å². The molecule has 0 radical (unpaired) electrons. The molecular weight excluding hydrogens is 310 g/mol. The van der Waals surface area contributed by atoms with Gasteiger partial charge in [0.25, 0.3) is 0 Å². The third-order valence-electron chi connectivity index (χ3n) is 3.78. The fourth-order valence-corrected chi connectivity index (χ4v) is 5.35. The minimum atomic E-state index is -3.62. The molecular formula is C14H21NO4S2. The number of carboxylic acids is 1. The number of carboxylic acid groups (broad SMARTS) is 1. The minimum absolute atomic E-state index is 0.0361. The molecule has 1 aromatic rings. The van der Waals surface area contributed by atoms with Crippen molar-refractivity contribution < 1.29 is 18.3 Å². The molecule has 21 heavy (non-hydrogen) atoms. The monoisotopic (exact) mass is 331 g/mol. The van der Waals surface area contributed by atoms with Crippen molar-refractivity contribution in [1.82, 2.24) is 4.72 Å². The first-order valence-corrected chi connectivity index (χ1v) is 9.56. The smallest absolute Gasteiger partial charge is 0.346 e. The van der Waals surface area contributed by atoms with Crippen molar-refractivity contribution in [1.29, 1.82) is 0 Å². The van der Waals surface area contributed by atoms with Crippen LogP contribution in [0.3, 0.4) is 0 Å². The molecule has 0 atom stereocenters. The normalized spacial score (nSPS) is 18.1. The lowest BCUT2D eigenvalue weighted by Crippen LogP contribution is -2.34. The second-order valence-electron chi connectivity index (χ2n) is 5.55. The summed E-state index contributed by atoms with van der Waals surface area (Å²) in [5.41, 5.74) is 0.491. The molecule has 7 heteroatoms. The van der Waals surface area contributed by atoms with Crippen molar-refractivity contribution in [2.75, 3.05) is 0 Å². The first kappa shape index (κ1) is 16.5. The Labute approximate surface area is 129 Å². The highest BCUT2D eigenvalue weighted by Gasteiger charge is 2.24. The van der Waals surface area contributed by atoms with E-state index in [-0.39, 0.29) is 15.1 Å². The molecule has 2 rings (SSSR count). The maximum Gasteiger partial charge on any atom is 0.346 e. The maximum absolute atomic E-state index is 12.4. The number of aromatic carboxylic acids is 1. The van der Waals surface area contributed by atoms with Gasteiger partial charge in [-0.1, -0.05) is 32.1 Å². The first-order chi connectivity index (χ1) is 9.90. The Bertz CT molecular complexity index is 598. The van der Waals surface area contributed by atoms with Crippen LogP contribution in [0.4, 0.5) is 0 Å². The van der Waals surface area contributed by atoms with E-state index in [4.69, 9.17) is 5.11 Å². The van der Waals surface area contributed by atoms with Crippen molar-refractivity contribution in [3.63, 3.8) is 0 Å². The molecule has 1 aliphatic rings. The van der Waals surface area contributed by atoms with Crippen molar-refractivity contribution in [2.45, 2.75) is 62.1 Å². The van der Waals surface area contributed by atoms with Gasteiger partial charge < -0.3 is 5.11 Å². The summed E-state index contributed by atoms with van der Waals surface area (Å²) in [6, 6.07) is 1.41. The highest BCUT2D eigenvalue weighted by molar-refractivity contribution is 7.91. The number of hydrogen-bond acceptors (Lipinski definition) is 4. The zero-order chi connectivity index (χ0) is 15.5. The maximum atomic E-state index is 12.4. The molecule has 0 saturated heterocycles. The van der Waals surface area contributed by atoms with Crippen LogP contribution in [-0.4, -0.2) is 25.5 Å². The van der Waals surface area contributed by atoms with Crippen molar-refractivity contribution in [3.8, 4) is 0 Å². The lowest BCUT2D eigenvalue weighted by molar-refractivity contribution is 0.0701.